The first kappa shape index (κ1) is 12.5. The first-order valence-electron chi connectivity index (χ1n) is 6.25. The van der Waals surface area contributed by atoms with Gasteiger partial charge in [0.1, 0.15) is 5.75 Å². The van der Waals surface area contributed by atoms with Crippen LogP contribution in [0.15, 0.2) is 36.7 Å². The molecule has 0 aliphatic rings. The molecule has 0 aliphatic heterocycles. The lowest BCUT2D eigenvalue weighted by Gasteiger charge is -2.11. The van der Waals surface area contributed by atoms with Crippen molar-refractivity contribution in [2.75, 3.05) is 11.9 Å². The topological polar surface area (TPSA) is 39.1 Å². The van der Waals surface area contributed by atoms with E-state index in [-0.39, 0.29) is 6.10 Å². The molecule has 0 spiro atoms. The SMILES string of the molecule is CCNc1nccn1-c1ccc(OC(C)C)cc1. The average molecular weight is 245 g/mol. The molecule has 1 aromatic heterocycles. The minimum atomic E-state index is 0.196. The van der Waals surface area contributed by atoms with Gasteiger partial charge in [-0.2, -0.15) is 0 Å². The molecule has 2 rings (SSSR count). The van der Waals surface area contributed by atoms with Crippen LogP contribution in [0.2, 0.25) is 0 Å². The van der Waals surface area contributed by atoms with Gasteiger partial charge in [0.15, 0.2) is 0 Å². The number of nitrogens with zero attached hydrogens (tertiary/aromatic N) is 2. The van der Waals surface area contributed by atoms with E-state index < -0.39 is 0 Å². The second-order valence-electron chi connectivity index (χ2n) is 4.31. The first-order valence-corrected chi connectivity index (χ1v) is 6.25. The zero-order chi connectivity index (χ0) is 13.0. The second kappa shape index (κ2) is 5.58. The Hall–Kier alpha value is -1.97. The molecular weight excluding hydrogens is 226 g/mol. The summed E-state index contributed by atoms with van der Waals surface area (Å²) in [6, 6.07) is 8.01. The van der Waals surface area contributed by atoms with E-state index in [9.17, 15) is 0 Å². The lowest BCUT2D eigenvalue weighted by Crippen LogP contribution is -2.06. The van der Waals surface area contributed by atoms with E-state index in [4.69, 9.17) is 4.74 Å². The predicted octanol–water partition coefficient (Wildman–Crippen LogP) is 3.09. The van der Waals surface area contributed by atoms with Gasteiger partial charge >= 0.3 is 0 Å². The van der Waals surface area contributed by atoms with Gasteiger partial charge in [-0.3, -0.25) is 4.57 Å². The molecule has 1 heterocycles. The van der Waals surface area contributed by atoms with Crippen molar-refractivity contribution in [2.24, 2.45) is 0 Å². The molecule has 0 fully saturated rings. The summed E-state index contributed by atoms with van der Waals surface area (Å²) in [5, 5.41) is 3.22. The summed E-state index contributed by atoms with van der Waals surface area (Å²) < 4.78 is 7.64. The van der Waals surface area contributed by atoms with Gasteiger partial charge in [0.05, 0.1) is 6.10 Å². The number of anilines is 1. The Labute approximate surface area is 108 Å². The third-order valence-corrected chi connectivity index (χ3v) is 2.46. The second-order valence-corrected chi connectivity index (χ2v) is 4.31. The van der Waals surface area contributed by atoms with Crippen molar-refractivity contribution in [2.45, 2.75) is 26.9 Å². The van der Waals surface area contributed by atoms with E-state index in [0.29, 0.717) is 0 Å². The van der Waals surface area contributed by atoms with Crippen LogP contribution in [-0.4, -0.2) is 22.2 Å². The van der Waals surface area contributed by atoms with Crippen LogP contribution in [0.4, 0.5) is 5.95 Å². The summed E-state index contributed by atoms with van der Waals surface area (Å²) in [4.78, 5) is 4.27. The Morgan fingerprint density at radius 3 is 2.61 bits per heavy atom. The molecular formula is C14H19N3O. The normalized spacial score (nSPS) is 10.7. The fourth-order valence-corrected chi connectivity index (χ4v) is 1.76. The van der Waals surface area contributed by atoms with Crippen molar-refractivity contribution in [3.63, 3.8) is 0 Å². The maximum atomic E-state index is 5.62. The van der Waals surface area contributed by atoms with Gasteiger partial charge in [-0.05, 0) is 45.0 Å². The number of imidazole rings is 1. The molecule has 18 heavy (non-hydrogen) atoms. The Balaban J connectivity index is 2.20. The van der Waals surface area contributed by atoms with Gasteiger partial charge in [-0.1, -0.05) is 0 Å². The Morgan fingerprint density at radius 1 is 1.28 bits per heavy atom. The van der Waals surface area contributed by atoms with Crippen molar-refractivity contribution >= 4 is 5.95 Å². The Morgan fingerprint density at radius 2 is 2.00 bits per heavy atom. The van der Waals surface area contributed by atoms with Crippen LogP contribution in [0.3, 0.4) is 0 Å². The molecule has 4 nitrogen and oxygen atoms in total. The van der Waals surface area contributed by atoms with Gasteiger partial charge in [0, 0.05) is 24.6 Å². The summed E-state index contributed by atoms with van der Waals surface area (Å²) >= 11 is 0. The fourth-order valence-electron chi connectivity index (χ4n) is 1.76. The minimum absolute atomic E-state index is 0.196. The van der Waals surface area contributed by atoms with E-state index in [0.717, 1.165) is 23.9 Å². The number of hydrogen-bond acceptors (Lipinski definition) is 3. The largest absolute Gasteiger partial charge is 0.491 e. The molecule has 2 aromatic rings. The van der Waals surface area contributed by atoms with Crippen molar-refractivity contribution < 1.29 is 4.74 Å². The van der Waals surface area contributed by atoms with E-state index >= 15 is 0 Å². The highest BCUT2D eigenvalue weighted by molar-refractivity contribution is 5.44. The summed E-state index contributed by atoms with van der Waals surface area (Å²) in [5.74, 6) is 1.74. The predicted molar refractivity (Wildman–Crippen MR) is 73.5 cm³/mol. The lowest BCUT2D eigenvalue weighted by molar-refractivity contribution is 0.242. The zero-order valence-electron chi connectivity index (χ0n) is 11.1. The van der Waals surface area contributed by atoms with Crippen LogP contribution >= 0.6 is 0 Å². The van der Waals surface area contributed by atoms with E-state index in [1.165, 1.54) is 0 Å². The molecule has 0 saturated heterocycles. The van der Waals surface area contributed by atoms with Crippen LogP contribution < -0.4 is 10.1 Å². The summed E-state index contributed by atoms with van der Waals surface area (Å²) in [6.07, 6.45) is 3.92. The fraction of sp³-hybridized carbons (Fsp3) is 0.357. The molecule has 1 aromatic carbocycles. The van der Waals surface area contributed by atoms with Crippen LogP contribution in [-0.2, 0) is 0 Å². The molecule has 0 radical (unpaired) electrons. The Kier molecular flexibility index (Phi) is 3.87. The van der Waals surface area contributed by atoms with Crippen LogP contribution in [0, 0.1) is 0 Å². The smallest absolute Gasteiger partial charge is 0.207 e. The maximum absolute atomic E-state index is 5.62. The third kappa shape index (κ3) is 2.83. The van der Waals surface area contributed by atoms with Gasteiger partial charge in [0.25, 0.3) is 0 Å². The van der Waals surface area contributed by atoms with Crippen LogP contribution in [0.25, 0.3) is 5.69 Å². The Bertz CT molecular complexity index is 488. The molecule has 0 aliphatic carbocycles. The van der Waals surface area contributed by atoms with E-state index in [1.54, 1.807) is 6.20 Å². The monoisotopic (exact) mass is 245 g/mol. The molecule has 0 atom stereocenters. The molecule has 1 N–H and O–H groups in total. The van der Waals surface area contributed by atoms with E-state index in [1.807, 2.05) is 48.9 Å². The molecule has 4 heteroatoms. The highest BCUT2D eigenvalue weighted by atomic mass is 16.5. The molecule has 0 amide bonds. The highest BCUT2D eigenvalue weighted by Crippen LogP contribution is 2.19. The van der Waals surface area contributed by atoms with Crippen LogP contribution in [0.1, 0.15) is 20.8 Å². The number of nitrogens with one attached hydrogen (secondary N) is 1. The number of aromatic nitrogens is 2. The van der Waals surface area contributed by atoms with Gasteiger partial charge in [0.2, 0.25) is 5.95 Å². The third-order valence-electron chi connectivity index (χ3n) is 2.46. The summed E-state index contributed by atoms with van der Waals surface area (Å²) in [7, 11) is 0. The molecule has 0 bridgehead atoms. The minimum Gasteiger partial charge on any atom is -0.491 e. The molecule has 0 saturated carbocycles. The van der Waals surface area contributed by atoms with Crippen molar-refractivity contribution in [1.82, 2.24) is 9.55 Å². The molecule has 96 valence electrons. The number of hydrogen-bond donors (Lipinski definition) is 1. The number of rotatable bonds is 5. The first-order chi connectivity index (χ1) is 8.70. The lowest BCUT2D eigenvalue weighted by atomic mass is 10.3. The quantitative estimate of drug-likeness (QED) is 0.879. The number of benzene rings is 1. The summed E-state index contributed by atoms with van der Waals surface area (Å²) in [5.41, 5.74) is 1.07. The number of ether oxygens (including phenoxy) is 1. The van der Waals surface area contributed by atoms with Gasteiger partial charge in [-0.25, -0.2) is 4.98 Å². The van der Waals surface area contributed by atoms with Crippen molar-refractivity contribution in [3.8, 4) is 11.4 Å². The average Bonchev–Trinajstić information content (AvgIpc) is 2.78. The summed E-state index contributed by atoms with van der Waals surface area (Å²) in [6.45, 7) is 6.95. The standard InChI is InChI=1S/C14H19N3O/c1-4-15-14-16-9-10-17(14)12-5-7-13(8-6-12)18-11(2)3/h5-11H,4H2,1-3H3,(H,15,16). The zero-order valence-corrected chi connectivity index (χ0v) is 11.1. The highest BCUT2D eigenvalue weighted by Gasteiger charge is 2.04. The van der Waals surface area contributed by atoms with Gasteiger partial charge < -0.3 is 10.1 Å². The van der Waals surface area contributed by atoms with Crippen LogP contribution in [0.5, 0.6) is 5.75 Å². The molecule has 0 unspecified atom stereocenters. The van der Waals surface area contributed by atoms with Gasteiger partial charge in [-0.15, -0.1) is 0 Å². The van der Waals surface area contributed by atoms with E-state index in [2.05, 4.69) is 17.2 Å². The van der Waals surface area contributed by atoms with Crippen molar-refractivity contribution in [1.29, 1.82) is 0 Å². The van der Waals surface area contributed by atoms with Crippen molar-refractivity contribution in [3.05, 3.63) is 36.7 Å². The maximum Gasteiger partial charge on any atom is 0.207 e.